The minimum absolute atomic E-state index is 0.138. The number of nitrogens with two attached hydrogens (primary N) is 1. The van der Waals surface area contributed by atoms with E-state index in [4.69, 9.17) is 10.5 Å². The predicted octanol–water partition coefficient (Wildman–Crippen LogP) is 2.97. The molecule has 0 amide bonds. The summed E-state index contributed by atoms with van der Waals surface area (Å²) < 4.78 is 5.38. The van der Waals surface area contributed by atoms with Crippen LogP contribution in [0.1, 0.15) is 33.3 Å². The second-order valence-electron chi connectivity index (χ2n) is 4.44. The number of anilines is 1. The third-order valence-electron chi connectivity index (χ3n) is 2.18. The smallest absolute Gasteiger partial charge is 0.142 e. The lowest BCUT2D eigenvalue weighted by atomic mass is 9.87. The molecule has 0 spiro atoms. The van der Waals surface area contributed by atoms with Crippen molar-refractivity contribution in [3.63, 3.8) is 0 Å². The molecule has 78 valence electrons. The molecule has 2 heteroatoms. The van der Waals surface area contributed by atoms with Crippen molar-refractivity contribution < 1.29 is 4.74 Å². The van der Waals surface area contributed by atoms with Crippen molar-refractivity contribution in [3.05, 3.63) is 23.8 Å². The van der Waals surface area contributed by atoms with Gasteiger partial charge in [-0.1, -0.05) is 26.8 Å². The molecule has 0 unspecified atom stereocenters. The molecule has 1 aromatic rings. The van der Waals surface area contributed by atoms with Crippen LogP contribution in [0, 0.1) is 0 Å². The summed E-state index contributed by atoms with van der Waals surface area (Å²) in [5.41, 5.74) is 7.97. The molecule has 2 nitrogen and oxygen atoms in total. The van der Waals surface area contributed by atoms with Gasteiger partial charge in [0.05, 0.1) is 12.3 Å². The van der Waals surface area contributed by atoms with E-state index < -0.39 is 0 Å². The molecule has 0 saturated carbocycles. The van der Waals surface area contributed by atoms with Gasteiger partial charge in [-0.25, -0.2) is 0 Å². The Morgan fingerprint density at radius 3 is 2.36 bits per heavy atom. The Morgan fingerprint density at radius 2 is 1.93 bits per heavy atom. The summed E-state index contributed by atoms with van der Waals surface area (Å²) in [7, 11) is 0. The second-order valence-corrected chi connectivity index (χ2v) is 4.44. The van der Waals surface area contributed by atoms with Crippen molar-refractivity contribution in [2.45, 2.75) is 33.1 Å². The van der Waals surface area contributed by atoms with Gasteiger partial charge in [0.15, 0.2) is 0 Å². The first-order valence-corrected chi connectivity index (χ1v) is 4.98. The third kappa shape index (κ3) is 2.41. The Balaban J connectivity index is 3.01. The van der Waals surface area contributed by atoms with Gasteiger partial charge in [0.1, 0.15) is 5.75 Å². The van der Waals surface area contributed by atoms with E-state index in [1.807, 2.05) is 19.1 Å². The van der Waals surface area contributed by atoms with Crippen molar-refractivity contribution in [3.8, 4) is 5.75 Å². The highest BCUT2D eigenvalue weighted by atomic mass is 16.5. The van der Waals surface area contributed by atoms with Gasteiger partial charge in [-0.15, -0.1) is 0 Å². The molecule has 0 heterocycles. The maximum atomic E-state index is 5.88. The van der Waals surface area contributed by atoms with Crippen LogP contribution < -0.4 is 10.5 Å². The molecule has 0 aliphatic carbocycles. The van der Waals surface area contributed by atoms with Crippen LogP contribution in [0.3, 0.4) is 0 Å². The Morgan fingerprint density at radius 1 is 1.29 bits per heavy atom. The molecular formula is C12H19NO. The lowest BCUT2D eigenvalue weighted by molar-refractivity contribution is 0.342. The second kappa shape index (κ2) is 3.91. The van der Waals surface area contributed by atoms with Gasteiger partial charge in [-0.05, 0) is 30.0 Å². The van der Waals surface area contributed by atoms with Crippen LogP contribution in [-0.4, -0.2) is 6.61 Å². The summed E-state index contributed by atoms with van der Waals surface area (Å²) in [4.78, 5) is 0. The molecular weight excluding hydrogens is 174 g/mol. The average Bonchev–Trinajstić information content (AvgIpc) is 2.07. The molecule has 0 aliphatic rings. The molecule has 1 aromatic carbocycles. The minimum atomic E-state index is 0.138. The number of nitrogen functional groups attached to an aromatic ring is 1. The summed E-state index contributed by atoms with van der Waals surface area (Å²) in [6.07, 6.45) is 0. The number of rotatable bonds is 2. The zero-order chi connectivity index (χ0) is 10.8. The Kier molecular flexibility index (Phi) is 3.04. The van der Waals surface area contributed by atoms with E-state index in [-0.39, 0.29) is 5.41 Å². The summed E-state index contributed by atoms with van der Waals surface area (Å²) in [6, 6.07) is 6.01. The lowest BCUT2D eigenvalue weighted by Crippen LogP contribution is -2.11. The van der Waals surface area contributed by atoms with Gasteiger partial charge >= 0.3 is 0 Å². The van der Waals surface area contributed by atoms with E-state index in [1.165, 1.54) is 5.56 Å². The Hall–Kier alpha value is -1.18. The summed E-state index contributed by atoms with van der Waals surface area (Å²) >= 11 is 0. The van der Waals surface area contributed by atoms with Crippen molar-refractivity contribution >= 4 is 5.69 Å². The molecule has 2 N–H and O–H groups in total. The molecule has 14 heavy (non-hydrogen) atoms. The van der Waals surface area contributed by atoms with Crippen molar-refractivity contribution in [1.29, 1.82) is 0 Å². The van der Waals surface area contributed by atoms with E-state index >= 15 is 0 Å². The maximum absolute atomic E-state index is 5.88. The predicted molar refractivity (Wildman–Crippen MR) is 60.7 cm³/mol. The van der Waals surface area contributed by atoms with Crippen LogP contribution in [0.25, 0.3) is 0 Å². The average molecular weight is 193 g/mol. The normalized spacial score (nSPS) is 11.4. The Labute approximate surface area is 86.1 Å². The van der Waals surface area contributed by atoms with E-state index in [0.717, 1.165) is 11.4 Å². The summed E-state index contributed by atoms with van der Waals surface area (Å²) in [6.45, 7) is 9.11. The number of hydrogen-bond donors (Lipinski definition) is 1. The topological polar surface area (TPSA) is 35.2 Å². The van der Waals surface area contributed by atoms with Crippen molar-refractivity contribution in [1.82, 2.24) is 0 Å². The highest BCUT2D eigenvalue weighted by molar-refractivity contribution is 5.55. The van der Waals surface area contributed by atoms with Crippen molar-refractivity contribution in [2.24, 2.45) is 0 Å². The largest absolute Gasteiger partial charge is 0.492 e. The fraction of sp³-hybridized carbons (Fsp3) is 0.500. The van der Waals surface area contributed by atoms with Crippen LogP contribution in [0.5, 0.6) is 5.75 Å². The van der Waals surface area contributed by atoms with E-state index in [2.05, 4.69) is 26.8 Å². The lowest BCUT2D eigenvalue weighted by Gasteiger charge is -2.20. The monoisotopic (exact) mass is 193 g/mol. The van der Waals surface area contributed by atoms with E-state index in [1.54, 1.807) is 0 Å². The van der Waals surface area contributed by atoms with Crippen LogP contribution in [0.4, 0.5) is 5.69 Å². The zero-order valence-corrected chi connectivity index (χ0v) is 9.42. The number of benzene rings is 1. The first-order valence-electron chi connectivity index (χ1n) is 4.98. The van der Waals surface area contributed by atoms with Crippen LogP contribution in [0.15, 0.2) is 18.2 Å². The summed E-state index contributed by atoms with van der Waals surface area (Å²) in [5, 5.41) is 0. The minimum Gasteiger partial charge on any atom is -0.492 e. The van der Waals surface area contributed by atoms with Crippen LogP contribution in [0.2, 0.25) is 0 Å². The maximum Gasteiger partial charge on any atom is 0.142 e. The van der Waals surface area contributed by atoms with Gasteiger partial charge in [-0.3, -0.25) is 0 Å². The fourth-order valence-corrected chi connectivity index (χ4v) is 1.30. The van der Waals surface area contributed by atoms with Gasteiger partial charge in [0, 0.05) is 0 Å². The standard InChI is InChI=1S/C12H19NO/c1-5-14-11-7-6-9(8-10(11)13)12(2,3)4/h6-8H,5,13H2,1-4H3. The van der Waals surface area contributed by atoms with Gasteiger partial charge < -0.3 is 10.5 Å². The van der Waals surface area contributed by atoms with Gasteiger partial charge in [-0.2, -0.15) is 0 Å². The first kappa shape index (κ1) is 10.9. The third-order valence-corrected chi connectivity index (χ3v) is 2.18. The van der Waals surface area contributed by atoms with E-state index in [9.17, 15) is 0 Å². The molecule has 0 fully saturated rings. The first-order chi connectivity index (χ1) is 6.45. The van der Waals surface area contributed by atoms with Gasteiger partial charge in [0.25, 0.3) is 0 Å². The van der Waals surface area contributed by atoms with Gasteiger partial charge in [0.2, 0.25) is 0 Å². The molecule has 0 aliphatic heterocycles. The fourth-order valence-electron chi connectivity index (χ4n) is 1.30. The quantitative estimate of drug-likeness (QED) is 0.733. The highest BCUT2D eigenvalue weighted by Gasteiger charge is 2.14. The van der Waals surface area contributed by atoms with E-state index in [0.29, 0.717) is 6.61 Å². The molecule has 0 atom stereocenters. The SMILES string of the molecule is CCOc1ccc(C(C)(C)C)cc1N. The highest BCUT2D eigenvalue weighted by Crippen LogP contribution is 2.29. The molecule has 0 radical (unpaired) electrons. The number of ether oxygens (including phenoxy) is 1. The zero-order valence-electron chi connectivity index (χ0n) is 9.42. The number of hydrogen-bond acceptors (Lipinski definition) is 2. The molecule has 0 saturated heterocycles. The van der Waals surface area contributed by atoms with Crippen LogP contribution >= 0.6 is 0 Å². The molecule has 0 bridgehead atoms. The summed E-state index contributed by atoms with van der Waals surface area (Å²) in [5.74, 6) is 0.778. The Bertz CT molecular complexity index is 313. The molecule has 0 aromatic heterocycles. The van der Waals surface area contributed by atoms with Crippen LogP contribution in [-0.2, 0) is 5.41 Å². The van der Waals surface area contributed by atoms with Crippen molar-refractivity contribution in [2.75, 3.05) is 12.3 Å². The molecule has 1 rings (SSSR count).